The highest BCUT2D eigenvalue weighted by Gasteiger charge is 2.12. The molecule has 0 bridgehead atoms. The molecular formula is C15H27N5O. The molecule has 1 rings (SSSR count). The van der Waals surface area contributed by atoms with Gasteiger partial charge in [0.2, 0.25) is 0 Å². The maximum atomic E-state index is 10.4. The second kappa shape index (κ2) is 9.29. The van der Waals surface area contributed by atoms with Crippen LogP contribution < -0.4 is 0 Å². The van der Waals surface area contributed by atoms with E-state index >= 15 is 0 Å². The molecule has 0 heterocycles. The minimum atomic E-state index is 0.435. The van der Waals surface area contributed by atoms with Crippen LogP contribution in [0, 0.1) is 10.8 Å². The number of nitrogens with zero attached hydrogens (tertiary/aromatic N) is 5. The van der Waals surface area contributed by atoms with Crippen molar-refractivity contribution in [1.82, 2.24) is 14.7 Å². The van der Waals surface area contributed by atoms with Crippen molar-refractivity contribution in [1.29, 1.82) is 10.8 Å². The maximum Gasteiger partial charge on any atom is 0.124 e. The van der Waals surface area contributed by atoms with E-state index in [4.69, 9.17) is 10.8 Å². The second-order valence-electron chi connectivity index (χ2n) is 5.98. The highest BCUT2D eigenvalue weighted by atomic mass is 16.3. The van der Waals surface area contributed by atoms with Gasteiger partial charge in [-0.2, -0.15) is 0 Å². The molecule has 0 aliphatic rings. The van der Waals surface area contributed by atoms with Crippen LogP contribution in [0.25, 0.3) is 0 Å². The molecule has 0 radical (unpaired) electrons. The van der Waals surface area contributed by atoms with Crippen molar-refractivity contribution in [2.45, 2.75) is 19.6 Å². The van der Waals surface area contributed by atoms with Gasteiger partial charge in [0, 0.05) is 41.5 Å². The van der Waals surface area contributed by atoms with E-state index in [1.807, 2.05) is 28.2 Å². The molecule has 0 atom stereocenters. The Hall–Kier alpha value is -1.68. The zero-order valence-corrected chi connectivity index (χ0v) is 14.0. The SMILES string of the molecule is CN(C)Cc1cc(CN(C)C)c(O)c(CN(C)C)c1.N#N. The fraction of sp³-hybridized carbons (Fsp3) is 0.600. The van der Waals surface area contributed by atoms with E-state index in [2.05, 4.69) is 40.9 Å². The molecule has 0 aliphatic heterocycles. The predicted octanol–water partition coefficient (Wildman–Crippen LogP) is 1.61. The highest BCUT2D eigenvalue weighted by molar-refractivity contribution is 5.43. The van der Waals surface area contributed by atoms with Gasteiger partial charge in [-0.05, 0) is 60.0 Å². The summed E-state index contributed by atoms with van der Waals surface area (Å²) in [6.07, 6.45) is 0. The zero-order chi connectivity index (χ0) is 16.6. The Morgan fingerprint density at radius 1 is 0.762 bits per heavy atom. The molecular weight excluding hydrogens is 266 g/mol. The largest absolute Gasteiger partial charge is 0.507 e. The topological polar surface area (TPSA) is 77.5 Å². The lowest BCUT2D eigenvalue weighted by molar-refractivity contribution is 0.365. The second-order valence-corrected chi connectivity index (χ2v) is 5.98. The van der Waals surface area contributed by atoms with Gasteiger partial charge in [0.1, 0.15) is 5.75 Å². The first kappa shape index (κ1) is 19.3. The number of phenols is 1. The Bertz CT molecular complexity index is 424. The lowest BCUT2D eigenvalue weighted by Gasteiger charge is -2.19. The lowest BCUT2D eigenvalue weighted by atomic mass is 10.0. The molecule has 0 aliphatic carbocycles. The summed E-state index contributed by atoms with van der Waals surface area (Å²) >= 11 is 0. The van der Waals surface area contributed by atoms with Gasteiger partial charge in [-0.3, -0.25) is 0 Å². The first-order valence-corrected chi connectivity index (χ1v) is 6.77. The molecule has 6 heteroatoms. The summed E-state index contributed by atoms with van der Waals surface area (Å²) < 4.78 is 0. The van der Waals surface area contributed by atoms with E-state index < -0.39 is 0 Å². The van der Waals surface area contributed by atoms with E-state index in [-0.39, 0.29) is 0 Å². The first-order valence-electron chi connectivity index (χ1n) is 6.77. The summed E-state index contributed by atoms with van der Waals surface area (Å²) in [6, 6.07) is 4.21. The maximum absolute atomic E-state index is 10.4. The van der Waals surface area contributed by atoms with E-state index in [9.17, 15) is 5.11 Å². The van der Waals surface area contributed by atoms with E-state index in [1.54, 1.807) is 0 Å². The minimum Gasteiger partial charge on any atom is -0.507 e. The van der Waals surface area contributed by atoms with Crippen molar-refractivity contribution in [3.05, 3.63) is 28.8 Å². The number of hydrogen-bond donors (Lipinski definition) is 1. The molecule has 0 fully saturated rings. The van der Waals surface area contributed by atoms with Crippen LogP contribution >= 0.6 is 0 Å². The van der Waals surface area contributed by atoms with Crippen LogP contribution in [-0.2, 0) is 19.6 Å². The third-order valence-corrected chi connectivity index (χ3v) is 2.80. The van der Waals surface area contributed by atoms with Gasteiger partial charge in [-0.15, -0.1) is 0 Å². The first-order chi connectivity index (χ1) is 9.79. The monoisotopic (exact) mass is 293 g/mol. The van der Waals surface area contributed by atoms with Crippen molar-refractivity contribution in [3.8, 4) is 5.75 Å². The zero-order valence-electron chi connectivity index (χ0n) is 14.0. The van der Waals surface area contributed by atoms with Crippen molar-refractivity contribution < 1.29 is 5.11 Å². The molecule has 0 unspecified atom stereocenters. The molecule has 0 amide bonds. The Labute approximate surface area is 128 Å². The molecule has 1 N–H and O–H groups in total. The molecule has 118 valence electrons. The Morgan fingerprint density at radius 2 is 1.10 bits per heavy atom. The number of aromatic hydroxyl groups is 1. The summed E-state index contributed by atoms with van der Waals surface area (Å²) in [6.45, 7) is 2.40. The summed E-state index contributed by atoms with van der Waals surface area (Å²) in [5, 5.41) is 22.4. The van der Waals surface area contributed by atoms with Gasteiger partial charge in [-0.1, -0.05) is 0 Å². The van der Waals surface area contributed by atoms with Crippen LogP contribution in [0.2, 0.25) is 0 Å². The molecule has 21 heavy (non-hydrogen) atoms. The summed E-state index contributed by atoms with van der Waals surface area (Å²) in [7, 11) is 12.2. The number of hydrogen-bond acceptors (Lipinski definition) is 6. The molecule has 1 aromatic carbocycles. The van der Waals surface area contributed by atoms with Crippen molar-refractivity contribution in [2.24, 2.45) is 0 Å². The van der Waals surface area contributed by atoms with Crippen LogP contribution in [0.15, 0.2) is 12.1 Å². The van der Waals surface area contributed by atoms with Crippen molar-refractivity contribution in [3.63, 3.8) is 0 Å². The van der Waals surface area contributed by atoms with Gasteiger partial charge in [-0.25, -0.2) is 0 Å². The summed E-state index contributed by atoms with van der Waals surface area (Å²) in [5.74, 6) is 0.435. The third kappa shape index (κ3) is 7.04. The minimum absolute atomic E-state index is 0.435. The summed E-state index contributed by atoms with van der Waals surface area (Å²) in [4.78, 5) is 6.30. The van der Waals surface area contributed by atoms with E-state index in [1.165, 1.54) is 5.56 Å². The fourth-order valence-corrected chi connectivity index (χ4v) is 2.21. The standard InChI is InChI=1S/C15H27N3O.N2/c1-16(2)9-12-7-13(10-17(3)4)15(19)14(8-12)11-18(5)6;1-2/h7-8,19H,9-11H2,1-6H3;. The lowest BCUT2D eigenvalue weighted by Crippen LogP contribution is -2.16. The average Bonchev–Trinajstić information content (AvgIpc) is 2.35. The van der Waals surface area contributed by atoms with Gasteiger partial charge in [0.15, 0.2) is 0 Å². The van der Waals surface area contributed by atoms with Gasteiger partial charge in [0.25, 0.3) is 0 Å². The smallest absolute Gasteiger partial charge is 0.124 e. The molecule has 6 nitrogen and oxygen atoms in total. The number of benzene rings is 1. The number of phenolic OH excluding ortho intramolecular Hbond substituents is 1. The average molecular weight is 293 g/mol. The van der Waals surface area contributed by atoms with E-state index in [0.29, 0.717) is 5.75 Å². The van der Waals surface area contributed by atoms with Crippen LogP contribution in [0.1, 0.15) is 16.7 Å². The predicted molar refractivity (Wildman–Crippen MR) is 83.7 cm³/mol. The molecule has 0 spiro atoms. The Balaban J connectivity index is 0.00000191. The van der Waals surface area contributed by atoms with Crippen LogP contribution in [0.3, 0.4) is 0 Å². The van der Waals surface area contributed by atoms with Crippen LogP contribution in [0.4, 0.5) is 0 Å². The fourth-order valence-electron chi connectivity index (χ4n) is 2.21. The third-order valence-electron chi connectivity index (χ3n) is 2.80. The van der Waals surface area contributed by atoms with Crippen LogP contribution in [0.5, 0.6) is 5.75 Å². The molecule has 0 saturated heterocycles. The van der Waals surface area contributed by atoms with Crippen molar-refractivity contribution in [2.75, 3.05) is 42.3 Å². The van der Waals surface area contributed by atoms with Crippen LogP contribution in [-0.4, -0.2) is 62.1 Å². The molecule has 0 saturated carbocycles. The Kier molecular flexibility index (Phi) is 8.55. The van der Waals surface area contributed by atoms with Gasteiger partial charge < -0.3 is 19.8 Å². The number of rotatable bonds is 6. The van der Waals surface area contributed by atoms with Crippen molar-refractivity contribution >= 4 is 0 Å². The quantitative estimate of drug-likeness (QED) is 0.803. The normalized spacial score (nSPS) is 10.8. The van der Waals surface area contributed by atoms with Gasteiger partial charge >= 0.3 is 0 Å². The van der Waals surface area contributed by atoms with E-state index in [0.717, 1.165) is 30.8 Å². The molecule has 0 aromatic heterocycles. The highest BCUT2D eigenvalue weighted by Crippen LogP contribution is 2.27. The molecule has 1 aromatic rings. The Morgan fingerprint density at radius 3 is 1.38 bits per heavy atom. The summed E-state index contributed by atoms with van der Waals surface area (Å²) in [5.41, 5.74) is 3.25. The van der Waals surface area contributed by atoms with Gasteiger partial charge in [0.05, 0.1) is 0 Å².